The van der Waals surface area contributed by atoms with Crippen LogP contribution in [0, 0.1) is 5.41 Å². The lowest BCUT2D eigenvalue weighted by atomic mass is 9.64. The second-order valence-electron chi connectivity index (χ2n) is 5.49. The molecule has 1 aliphatic rings. The minimum Gasteiger partial charge on any atom is -0.392 e. The fraction of sp³-hybridized carbons (Fsp3) is 0.500. The van der Waals surface area contributed by atoms with Crippen molar-refractivity contribution in [3.8, 4) is 5.69 Å². The van der Waals surface area contributed by atoms with Crippen molar-refractivity contribution in [3.05, 3.63) is 22.7 Å². The van der Waals surface area contributed by atoms with Gasteiger partial charge in [-0.25, -0.2) is 0 Å². The van der Waals surface area contributed by atoms with Crippen LogP contribution in [0.2, 0.25) is 0 Å². The summed E-state index contributed by atoms with van der Waals surface area (Å²) >= 11 is 1.34. The lowest BCUT2D eigenvalue weighted by molar-refractivity contribution is -0.0689. The number of nitrogens with one attached hydrogen (secondary N) is 1. The molecule has 0 aromatic carbocycles. The number of aliphatic hydroxyl groups excluding tert-OH is 1. The predicted molar refractivity (Wildman–Crippen MR) is 72.7 cm³/mol. The highest BCUT2D eigenvalue weighted by atomic mass is 32.1. The summed E-state index contributed by atoms with van der Waals surface area (Å²) in [5.74, 6) is -0.157. The summed E-state index contributed by atoms with van der Waals surface area (Å²) in [5.41, 5.74) is 0.372. The van der Waals surface area contributed by atoms with Crippen LogP contribution in [0.25, 0.3) is 5.69 Å². The summed E-state index contributed by atoms with van der Waals surface area (Å²) in [6, 6.07) is 1.78. The molecule has 2 unspecified atom stereocenters. The molecule has 1 amide bonds. The molecule has 0 bridgehead atoms. The first kappa shape index (κ1) is 13.2. The predicted octanol–water partition coefficient (Wildman–Crippen LogP) is 0.613. The molecule has 2 aromatic rings. The maximum absolute atomic E-state index is 12.4. The lowest BCUT2D eigenvalue weighted by Crippen LogP contribution is -2.61. The van der Waals surface area contributed by atoms with Crippen molar-refractivity contribution in [1.82, 2.24) is 25.5 Å². The van der Waals surface area contributed by atoms with Gasteiger partial charge >= 0.3 is 0 Å². The van der Waals surface area contributed by atoms with E-state index in [1.165, 1.54) is 22.3 Å². The molecule has 0 saturated heterocycles. The van der Waals surface area contributed by atoms with E-state index in [1.54, 1.807) is 6.07 Å². The molecule has 106 valence electrons. The van der Waals surface area contributed by atoms with Gasteiger partial charge in [-0.3, -0.25) is 4.79 Å². The van der Waals surface area contributed by atoms with Gasteiger partial charge in [0.1, 0.15) is 11.2 Å². The molecule has 2 heterocycles. The Kier molecular flexibility index (Phi) is 3.06. The Hall–Kier alpha value is -1.80. The topological polar surface area (TPSA) is 92.9 Å². The monoisotopic (exact) mass is 293 g/mol. The van der Waals surface area contributed by atoms with E-state index >= 15 is 0 Å². The molecule has 20 heavy (non-hydrogen) atoms. The third-order valence-electron chi connectivity index (χ3n) is 3.97. The van der Waals surface area contributed by atoms with Gasteiger partial charge in [-0.2, -0.15) is 4.68 Å². The molecule has 2 aromatic heterocycles. The van der Waals surface area contributed by atoms with Crippen LogP contribution in [0.3, 0.4) is 0 Å². The number of aliphatic hydroxyl groups is 1. The highest BCUT2D eigenvalue weighted by molar-refractivity contribution is 7.12. The van der Waals surface area contributed by atoms with E-state index in [0.717, 1.165) is 0 Å². The van der Waals surface area contributed by atoms with Crippen LogP contribution in [0.5, 0.6) is 0 Å². The lowest BCUT2D eigenvalue weighted by Gasteiger charge is -2.49. The second kappa shape index (κ2) is 4.64. The SMILES string of the molecule is CC1(C)C(O)CC1NC(=O)c1sccc1-n1cnnn1. The highest BCUT2D eigenvalue weighted by Crippen LogP contribution is 2.40. The number of aromatic nitrogens is 4. The van der Waals surface area contributed by atoms with Crippen LogP contribution in [-0.4, -0.2) is 43.4 Å². The molecule has 2 atom stereocenters. The fourth-order valence-electron chi connectivity index (χ4n) is 2.30. The van der Waals surface area contributed by atoms with Crippen LogP contribution in [0.1, 0.15) is 29.9 Å². The quantitative estimate of drug-likeness (QED) is 0.865. The molecular weight excluding hydrogens is 278 g/mol. The van der Waals surface area contributed by atoms with E-state index in [1.807, 2.05) is 19.2 Å². The molecule has 0 radical (unpaired) electrons. The average molecular weight is 293 g/mol. The van der Waals surface area contributed by atoms with E-state index in [0.29, 0.717) is 17.0 Å². The molecule has 1 fully saturated rings. The van der Waals surface area contributed by atoms with Gasteiger partial charge in [-0.05, 0) is 28.3 Å². The first-order valence-corrected chi connectivity index (χ1v) is 7.18. The molecule has 0 spiro atoms. The normalized spacial score (nSPS) is 24.1. The summed E-state index contributed by atoms with van der Waals surface area (Å²) in [7, 11) is 0. The van der Waals surface area contributed by atoms with Gasteiger partial charge in [0.15, 0.2) is 0 Å². The van der Waals surface area contributed by atoms with Crippen molar-refractivity contribution in [2.45, 2.75) is 32.4 Å². The maximum atomic E-state index is 12.4. The fourth-order valence-corrected chi connectivity index (χ4v) is 3.08. The zero-order chi connectivity index (χ0) is 14.3. The van der Waals surface area contributed by atoms with Crippen LogP contribution >= 0.6 is 11.3 Å². The van der Waals surface area contributed by atoms with E-state index in [-0.39, 0.29) is 23.5 Å². The Morgan fingerprint density at radius 3 is 3.00 bits per heavy atom. The Labute approximate surface area is 119 Å². The van der Waals surface area contributed by atoms with Crippen molar-refractivity contribution >= 4 is 17.2 Å². The van der Waals surface area contributed by atoms with Gasteiger partial charge in [0, 0.05) is 11.5 Å². The smallest absolute Gasteiger partial charge is 0.263 e. The second-order valence-corrected chi connectivity index (χ2v) is 6.40. The molecule has 8 heteroatoms. The number of carbonyl (C=O) groups is 1. The Morgan fingerprint density at radius 2 is 2.40 bits per heavy atom. The van der Waals surface area contributed by atoms with Crippen molar-refractivity contribution in [1.29, 1.82) is 0 Å². The van der Waals surface area contributed by atoms with Crippen molar-refractivity contribution < 1.29 is 9.90 Å². The van der Waals surface area contributed by atoms with E-state index in [4.69, 9.17) is 0 Å². The molecule has 1 aliphatic carbocycles. The third-order valence-corrected chi connectivity index (χ3v) is 4.87. The van der Waals surface area contributed by atoms with Crippen LogP contribution in [0.15, 0.2) is 17.8 Å². The highest BCUT2D eigenvalue weighted by Gasteiger charge is 2.48. The Bertz CT molecular complexity index is 622. The molecule has 2 N–H and O–H groups in total. The third kappa shape index (κ3) is 2.01. The standard InChI is InChI=1S/C12H15N5O2S/c1-12(2)8(5-9(12)18)14-11(19)10-7(3-4-20-10)17-6-13-15-16-17/h3-4,6,8-9,18H,5H2,1-2H3,(H,14,19). The zero-order valence-electron chi connectivity index (χ0n) is 11.1. The number of nitrogens with zero attached hydrogens (tertiary/aromatic N) is 4. The average Bonchev–Trinajstić information content (AvgIpc) is 3.08. The van der Waals surface area contributed by atoms with Crippen LogP contribution in [0.4, 0.5) is 0 Å². The van der Waals surface area contributed by atoms with Crippen LogP contribution < -0.4 is 5.32 Å². The van der Waals surface area contributed by atoms with Gasteiger partial charge in [0.05, 0.1) is 11.8 Å². The molecule has 3 rings (SSSR count). The molecule has 1 saturated carbocycles. The molecule has 7 nitrogen and oxygen atoms in total. The van der Waals surface area contributed by atoms with Gasteiger partial charge < -0.3 is 10.4 Å². The number of tetrazole rings is 1. The number of amides is 1. The number of rotatable bonds is 3. The first-order chi connectivity index (χ1) is 9.50. The molecular formula is C12H15N5O2S. The largest absolute Gasteiger partial charge is 0.392 e. The minimum absolute atomic E-state index is 0.0196. The summed E-state index contributed by atoms with van der Waals surface area (Å²) in [6.45, 7) is 3.89. The van der Waals surface area contributed by atoms with E-state index in [9.17, 15) is 9.90 Å². The van der Waals surface area contributed by atoms with Crippen LogP contribution in [-0.2, 0) is 0 Å². The summed E-state index contributed by atoms with van der Waals surface area (Å²) in [4.78, 5) is 12.9. The zero-order valence-corrected chi connectivity index (χ0v) is 12.0. The van der Waals surface area contributed by atoms with E-state index < -0.39 is 0 Å². The minimum atomic E-state index is -0.366. The number of hydrogen-bond acceptors (Lipinski definition) is 6. The molecule has 0 aliphatic heterocycles. The van der Waals surface area contributed by atoms with Crippen molar-refractivity contribution in [2.24, 2.45) is 5.41 Å². The maximum Gasteiger partial charge on any atom is 0.263 e. The summed E-state index contributed by atoms with van der Waals surface area (Å²) in [5, 5.41) is 25.5. The number of hydrogen-bond donors (Lipinski definition) is 2. The summed E-state index contributed by atoms with van der Waals surface area (Å²) in [6.07, 6.45) is 1.68. The first-order valence-electron chi connectivity index (χ1n) is 6.30. The Morgan fingerprint density at radius 1 is 1.60 bits per heavy atom. The summed E-state index contributed by atoms with van der Waals surface area (Å²) < 4.78 is 1.46. The van der Waals surface area contributed by atoms with Gasteiger partial charge in [-0.1, -0.05) is 13.8 Å². The van der Waals surface area contributed by atoms with E-state index in [2.05, 4.69) is 20.8 Å². The Balaban J connectivity index is 1.78. The van der Waals surface area contributed by atoms with Crippen molar-refractivity contribution in [3.63, 3.8) is 0 Å². The van der Waals surface area contributed by atoms with Gasteiger partial charge in [0.25, 0.3) is 5.91 Å². The number of thiophene rings is 1. The van der Waals surface area contributed by atoms with Gasteiger partial charge in [0.2, 0.25) is 0 Å². The van der Waals surface area contributed by atoms with Crippen molar-refractivity contribution in [2.75, 3.05) is 0 Å². The number of carbonyl (C=O) groups excluding carboxylic acids is 1. The van der Waals surface area contributed by atoms with Gasteiger partial charge in [-0.15, -0.1) is 16.4 Å².